The maximum absolute atomic E-state index is 11.9. The van der Waals surface area contributed by atoms with E-state index in [1.165, 1.54) is 5.56 Å². The van der Waals surface area contributed by atoms with E-state index in [0.717, 1.165) is 19.5 Å². The van der Waals surface area contributed by atoms with E-state index >= 15 is 0 Å². The van der Waals surface area contributed by atoms with Gasteiger partial charge in [-0.3, -0.25) is 9.69 Å². The van der Waals surface area contributed by atoms with Gasteiger partial charge in [-0.05, 0) is 32.0 Å². The molecule has 0 saturated carbocycles. The molecule has 0 radical (unpaired) electrons. The standard InChI is InChI=1S/C17H29N3O/c1-4-20(5-2)16(15-9-7-6-8-10-15)13-19-17(21)12-11-14(3)18/h6-10,14,16H,4-5,11-13,18H2,1-3H3,(H,19,21). The van der Waals surface area contributed by atoms with Crippen molar-refractivity contribution in [1.82, 2.24) is 10.2 Å². The number of hydrogen-bond acceptors (Lipinski definition) is 3. The number of carbonyl (C=O) groups excluding carboxylic acids is 1. The fourth-order valence-corrected chi connectivity index (χ4v) is 2.46. The molecule has 0 spiro atoms. The molecule has 4 heteroatoms. The van der Waals surface area contributed by atoms with Gasteiger partial charge in [0.2, 0.25) is 5.91 Å². The van der Waals surface area contributed by atoms with E-state index < -0.39 is 0 Å². The number of amides is 1. The number of benzene rings is 1. The van der Waals surface area contributed by atoms with Crippen molar-refractivity contribution in [1.29, 1.82) is 0 Å². The number of carbonyl (C=O) groups is 1. The van der Waals surface area contributed by atoms with E-state index in [2.05, 4.69) is 36.2 Å². The Labute approximate surface area is 128 Å². The highest BCUT2D eigenvalue weighted by Gasteiger charge is 2.18. The molecule has 0 aliphatic carbocycles. The molecular formula is C17H29N3O. The number of nitrogens with zero attached hydrogens (tertiary/aromatic N) is 1. The van der Waals surface area contributed by atoms with Gasteiger partial charge >= 0.3 is 0 Å². The predicted molar refractivity (Wildman–Crippen MR) is 88.0 cm³/mol. The third-order valence-electron chi connectivity index (χ3n) is 3.76. The number of likely N-dealkylation sites (N-methyl/N-ethyl adjacent to an activating group) is 1. The molecule has 2 atom stereocenters. The van der Waals surface area contributed by atoms with Crippen molar-refractivity contribution in [2.75, 3.05) is 19.6 Å². The zero-order valence-corrected chi connectivity index (χ0v) is 13.5. The van der Waals surface area contributed by atoms with Crippen LogP contribution in [0.4, 0.5) is 0 Å². The van der Waals surface area contributed by atoms with Crippen molar-refractivity contribution in [2.24, 2.45) is 5.73 Å². The molecule has 4 nitrogen and oxygen atoms in total. The van der Waals surface area contributed by atoms with Gasteiger partial charge in [-0.2, -0.15) is 0 Å². The summed E-state index contributed by atoms with van der Waals surface area (Å²) in [6, 6.07) is 10.6. The van der Waals surface area contributed by atoms with Gasteiger partial charge in [-0.1, -0.05) is 44.2 Å². The molecular weight excluding hydrogens is 262 g/mol. The molecule has 1 amide bonds. The first-order valence-corrected chi connectivity index (χ1v) is 7.89. The zero-order chi connectivity index (χ0) is 15.7. The second-order valence-electron chi connectivity index (χ2n) is 5.47. The van der Waals surface area contributed by atoms with Gasteiger partial charge in [0.15, 0.2) is 0 Å². The Morgan fingerprint density at radius 2 is 1.86 bits per heavy atom. The average molecular weight is 291 g/mol. The summed E-state index contributed by atoms with van der Waals surface area (Å²) in [6.45, 7) is 8.80. The van der Waals surface area contributed by atoms with Gasteiger partial charge in [0.05, 0.1) is 6.04 Å². The quantitative estimate of drug-likeness (QED) is 0.734. The number of nitrogens with two attached hydrogens (primary N) is 1. The minimum absolute atomic E-state index is 0.0726. The van der Waals surface area contributed by atoms with Crippen LogP contribution in [0.3, 0.4) is 0 Å². The molecule has 0 aliphatic rings. The molecule has 0 aromatic heterocycles. The van der Waals surface area contributed by atoms with Crippen molar-refractivity contribution in [3.05, 3.63) is 35.9 Å². The second-order valence-corrected chi connectivity index (χ2v) is 5.47. The summed E-state index contributed by atoms with van der Waals surface area (Å²) in [4.78, 5) is 14.3. The van der Waals surface area contributed by atoms with Crippen LogP contribution >= 0.6 is 0 Å². The molecule has 0 fully saturated rings. The van der Waals surface area contributed by atoms with Crippen LogP contribution in [0.25, 0.3) is 0 Å². The van der Waals surface area contributed by atoms with Crippen molar-refractivity contribution in [2.45, 2.75) is 45.7 Å². The summed E-state index contributed by atoms with van der Waals surface area (Å²) in [5.41, 5.74) is 6.93. The Balaban J connectivity index is 2.64. The van der Waals surface area contributed by atoms with Gasteiger partial charge in [-0.15, -0.1) is 0 Å². The maximum Gasteiger partial charge on any atom is 0.220 e. The maximum atomic E-state index is 11.9. The van der Waals surface area contributed by atoms with E-state index in [-0.39, 0.29) is 18.0 Å². The smallest absolute Gasteiger partial charge is 0.220 e. The Morgan fingerprint density at radius 3 is 2.38 bits per heavy atom. The van der Waals surface area contributed by atoms with E-state index in [1.807, 2.05) is 25.1 Å². The van der Waals surface area contributed by atoms with Crippen molar-refractivity contribution < 1.29 is 4.79 Å². The Morgan fingerprint density at radius 1 is 1.24 bits per heavy atom. The third kappa shape index (κ3) is 6.27. The normalized spacial score (nSPS) is 14.0. The molecule has 0 bridgehead atoms. The lowest BCUT2D eigenvalue weighted by molar-refractivity contribution is -0.121. The van der Waals surface area contributed by atoms with E-state index in [9.17, 15) is 4.79 Å². The summed E-state index contributed by atoms with van der Waals surface area (Å²) >= 11 is 0. The molecule has 3 N–H and O–H groups in total. The fourth-order valence-electron chi connectivity index (χ4n) is 2.46. The molecule has 0 saturated heterocycles. The van der Waals surface area contributed by atoms with Crippen molar-refractivity contribution in [3.8, 4) is 0 Å². The van der Waals surface area contributed by atoms with Gasteiger partial charge in [0.1, 0.15) is 0 Å². The minimum atomic E-state index is 0.0726. The summed E-state index contributed by atoms with van der Waals surface area (Å²) < 4.78 is 0. The highest BCUT2D eigenvalue weighted by Crippen LogP contribution is 2.19. The van der Waals surface area contributed by atoms with E-state index in [4.69, 9.17) is 5.73 Å². The number of nitrogens with one attached hydrogen (secondary N) is 1. The molecule has 0 aliphatic heterocycles. The van der Waals surface area contributed by atoms with Crippen LogP contribution in [0.15, 0.2) is 30.3 Å². The molecule has 118 valence electrons. The summed E-state index contributed by atoms with van der Waals surface area (Å²) in [7, 11) is 0. The molecule has 21 heavy (non-hydrogen) atoms. The first kappa shape index (κ1) is 17.7. The largest absolute Gasteiger partial charge is 0.354 e. The van der Waals surface area contributed by atoms with Crippen LogP contribution in [0.5, 0.6) is 0 Å². The Hall–Kier alpha value is -1.39. The third-order valence-corrected chi connectivity index (χ3v) is 3.76. The van der Waals surface area contributed by atoms with Crippen LogP contribution in [0.2, 0.25) is 0 Å². The molecule has 0 heterocycles. The minimum Gasteiger partial charge on any atom is -0.354 e. The van der Waals surface area contributed by atoms with Crippen molar-refractivity contribution >= 4 is 5.91 Å². The second kappa shape index (κ2) is 9.53. The first-order chi connectivity index (χ1) is 10.1. The topological polar surface area (TPSA) is 58.4 Å². The SMILES string of the molecule is CCN(CC)C(CNC(=O)CCC(C)N)c1ccccc1. The predicted octanol–water partition coefficient (Wildman–Crippen LogP) is 2.31. The van der Waals surface area contributed by atoms with E-state index in [1.54, 1.807) is 0 Å². The van der Waals surface area contributed by atoms with Crippen LogP contribution in [-0.2, 0) is 4.79 Å². The highest BCUT2D eigenvalue weighted by atomic mass is 16.1. The van der Waals surface area contributed by atoms with Crippen LogP contribution in [0, 0.1) is 0 Å². The monoisotopic (exact) mass is 291 g/mol. The Bertz CT molecular complexity index is 402. The lowest BCUT2D eigenvalue weighted by atomic mass is 10.0. The highest BCUT2D eigenvalue weighted by molar-refractivity contribution is 5.75. The average Bonchev–Trinajstić information content (AvgIpc) is 2.50. The summed E-state index contributed by atoms with van der Waals surface area (Å²) in [6.07, 6.45) is 1.23. The molecule has 1 aromatic rings. The number of hydrogen-bond donors (Lipinski definition) is 2. The summed E-state index contributed by atoms with van der Waals surface area (Å²) in [5, 5.41) is 3.05. The van der Waals surface area contributed by atoms with Crippen LogP contribution in [-0.4, -0.2) is 36.5 Å². The Kier molecular flexibility index (Phi) is 8.01. The van der Waals surface area contributed by atoms with Crippen LogP contribution < -0.4 is 11.1 Å². The van der Waals surface area contributed by atoms with Crippen LogP contribution in [0.1, 0.15) is 45.2 Å². The lowest BCUT2D eigenvalue weighted by Crippen LogP contribution is -2.38. The number of rotatable bonds is 9. The molecule has 2 unspecified atom stereocenters. The fraction of sp³-hybridized carbons (Fsp3) is 0.588. The lowest BCUT2D eigenvalue weighted by Gasteiger charge is -2.30. The van der Waals surface area contributed by atoms with Gasteiger partial charge in [-0.25, -0.2) is 0 Å². The first-order valence-electron chi connectivity index (χ1n) is 7.89. The van der Waals surface area contributed by atoms with Gasteiger partial charge < -0.3 is 11.1 Å². The van der Waals surface area contributed by atoms with Gasteiger partial charge in [0, 0.05) is 19.0 Å². The zero-order valence-electron chi connectivity index (χ0n) is 13.5. The molecule has 1 rings (SSSR count). The van der Waals surface area contributed by atoms with Gasteiger partial charge in [0.25, 0.3) is 0 Å². The summed E-state index contributed by atoms with van der Waals surface area (Å²) in [5.74, 6) is 0.0837. The van der Waals surface area contributed by atoms with E-state index in [0.29, 0.717) is 13.0 Å². The molecule has 1 aromatic carbocycles. The van der Waals surface area contributed by atoms with Crippen molar-refractivity contribution in [3.63, 3.8) is 0 Å².